The topological polar surface area (TPSA) is 91.8 Å². The molecule has 0 radical (unpaired) electrons. The van der Waals surface area contributed by atoms with E-state index in [4.69, 9.17) is 9.47 Å². The number of aryl methyl sites for hydroxylation is 1. The quantitative estimate of drug-likeness (QED) is 0.599. The summed E-state index contributed by atoms with van der Waals surface area (Å²) in [6.45, 7) is 4.27. The van der Waals surface area contributed by atoms with E-state index in [1.807, 2.05) is 6.92 Å². The Balaban J connectivity index is 1.76. The minimum absolute atomic E-state index is 0.0297. The van der Waals surface area contributed by atoms with Crippen LogP contribution in [0.5, 0.6) is 11.5 Å². The number of hydrogen-bond acceptors (Lipinski definition) is 8. The fourth-order valence-corrected chi connectivity index (χ4v) is 2.94. The van der Waals surface area contributed by atoms with Crippen LogP contribution in [0.2, 0.25) is 0 Å². The third kappa shape index (κ3) is 4.79. The Morgan fingerprint density at radius 1 is 1.29 bits per heavy atom. The van der Waals surface area contributed by atoms with Crippen molar-refractivity contribution in [2.45, 2.75) is 19.4 Å². The van der Waals surface area contributed by atoms with Gasteiger partial charge >= 0.3 is 0 Å². The van der Waals surface area contributed by atoms with E-state index < -0.39 is 11.9 Å². The normalized spacial score (nSPS) is 14.9. The Morgan fingerprint density at radius 2 is 2.07 bits per heavy atom. The van der Waals surface area contributed by atoms with Gasteiger partial charge in [-0.15, -0.1) is 0 Å². The van der Waals surface area contributed by atoms with Crippen LogP contribution in [0.3, 0.4) is 0 Å². The zero-order valence-corrected chi connectivity index (χ0v) is 16.3. The molecule has 1 aliphatic heterocycles. The van der Waals surface area contributed by atoms with Gasteiger partial charge in [-0.1, -0.05) is 0 Å². The Labute approximate surface area is 163 Å². The maximum atomic E-state index is 14.4. The molecule has 1 fully saturated rings. The average molecular weight is 391 g/mol. The molecule has 0 spiro atoms. The van der Waals surface area contributed by atoms with Crippen molar-refractivity contribution in [2.75, 3.05) is 51.0 Å². The molecular formula is C19H26FN5O3. The number of β-amino-alcohol motifs (C(OH)–C–C–N with tert-alkyl or cyclic N) is 1. The molecule has 1 aromatic carbocycles. The van der Waals surface area contributed by atoms with Crippen molar-refractivity contribution in [1.29, 1.82) is 0 Å². The van der Waals surface area contributed by atoms with Gasteiger partial charge in [-0.3, -0.25) is 0 Å². The van der Waals surface area contributed by atoms with E-state index in [2.05, 4.69) is 25.5 Å². The van der Waals surface area contributed by atoms with Crippen LogP contribution in [-0.2, 0) is 0 Å². The Kier molecular flexibility index (Phi) is 6.48. The number of aliphatic hydroxyl groups excluding tert-OH is 1. The second-order valence-corrected chi connectivity index (χ2v) is 6.67. The summed E-state index contributed by atoms with van der Waals surface area (Å²) in [6, 6.07) is 4.61. The van der Waals surface area contributed by atoms with Crippen LogP contribution in [0.4, 0.5) is 21.8 Å². The zero-order valence-electron chi connectivity index (χ0n) is 16.3. The monoisotopic (exact) mass is 391 g/mol. The highest BCUT2D eigenvalue weighted by molar-refractivity contribution is 5.68. The van der Waals surface area contributed by atoms with E-state index in [-0.39, 0.29) is 18.1 Å². The summed E-state index contributed by atoms with van der Waals surface area (Å²) >= 11 is 0. The van der Waals surface area contributed by atoms with E-state index in [1.54, 1.807) is 13.1 Å². The molecule has 1 aromatic heterocycles. The first-order valence-corrected chi connectivity index (χ1v) is 9.20. The van der Waals surface area contributed by atoms with Gasteiger partial charge in [0.15, 0.2) is 17.3 Å². The fraction of sp³-hybridized carbons (Fsp3) is 0.474. The summed E-state index contributed by atoms with van der Waals surface area (Å²) in [5.41, 5.74) is 1.23. The van der Waals surface area contributed by atoms with E-state index in [0.717, 1.165) is 25.2 Å². The molecule has 2 aromatic rings. The predicted octanol–water partition coefficient (Wildman–Crippen LogP) is 2.16. The molecule has 1 atom stereocenters. The summed E-state index contributed by atoms with van der Waals surface area (Å²) in [7, 11) is 3.20. The number of aromatic nitrogens is 2. The molecule has 2 heterocycles. The van der Waals surface area contributed by atoms with Crippen molar-refractivity contribution in [3.63, 3.8) is 0 Å². The number of hydrogen-bond donors (Lipinski definition) is 3. The number of benzene rings is 1. The number of rotatable bonds is 9. The van der Waals surface area contributed by atoms with Crippen molar-refractivity contribution in [3.8, 4) is 11.5 Å². The summed E-state index contributed by atoms with van der Waals surface area (Å²) in [5.74, 6) is 0.559. The standard InChI is InChI=1S/C19H26FN5O3/c1-12-9-16(21-2)24-19(22-12)23-15-6-5-14(20)17(18(15)27-3)28-11-13(26)10-25-7-4-8-25/h5-6,9,13,26H,4,7-8,10-11H2,1-3H3,(H2,21,22,23,24)/t13-/m0/s1. The Hall–Kier alpha value is -2.65. The number of halogens is 1. The number of nitrogens with one attached hydrogen (secondary N) is 2. The number of likely N-dealkylation sites (tertiary alicyclic amines) is 1. The lowest BCUT2D eigenvalue weighted by molar-refractivity contribution is 0.0449. The fourth-order valence-electron chi connectivity index (χ4n) is 2.94. The van der Waals surface area contributed by atoms with Crippen molar-refractivity contribution >= 4 is 17.5 Å². The van der Waals surface area contributed by atoms with E-state index in [0.29, 0.717) is 24.0 Å². The Morgan fingerprint density at radius 3 is 2.71 bits per heavy atom. The molecule has 9 heteroatoms. The van der Waals surface area contributed by atoms with Crippen molar-refractivity contribution in [2.24, 2.45) is 0 Å². The predicted molar refractivity (Wildman–Crippen MR) is 105 cm³/mol. The van der Waals surface area contributed by atoms with Crippen LogP contribution in [-0.4, -0.2) is 66.5 Å². The van der Waals surface area contributed by atoms with Crippen molar-refractivity contribution in [3.05, 3.63) is 29.7 Å². The molecule has 3 N–H and O–H groups in total. The van der Waals surface area contributed by atoms with Gasteiger partial charge in [0.1, 0.15) is 18.5 Å². The highest BCUT2D eigenvalue weighted by atomic mass is 19.1. The first-order valence-electron chi connectivity index (χ1n) is 9.20. The van der Waals surface area contributed by atoms with Crippen molar-refractivity contribution < 1.29 is 19.0 Å². The van der Waals surface area contributed by atoms with Gasteiger partial charge in [0.2, 0.25) is 5.95 Å². The largest absolute Gasteiger partial charge is 0.491 e. The van der Waals surface area contributed by atoms with Crippen LogP contribution in [0.15, 0.2) is 18.2 Å². The average Bonchev–Trinajstić information content (AvgIpc) is 2.64. The SMILES string of the molecule is CNc1cc(C)nc(Nc2ccc(F)c(OC[C@@H](O)CN3CCC3)c2OC)n1. The van der Waals surface area contributed by atoms with Gasteiger partial charge in [-0.2, -0.15) is 4.98 Å². The lowest BCUT2D eigenvalue weighted by atomic mass is 10.2. The minimum Gasteiger partial charge on any atom is -0.491 e. The molecule has 28 heavy (non-hydrogen) atoms. The molecule has 0 bridgehead atoms. The molecule has 0 amide bonds. The summed E-state index contributed by atoms with van der Waals surface area (Å²) in [4.78, 5) is 10.8. The molecule has 8 nitrogen and oxygen atoms in total. The Bertz CT molecular complexity index is 816. The van der Waals surface area contributed by atoms with Crippen LogP contribution in [0, 0.1) is 12.7 Å². The summed E-state index contributed by atoms with van der Waals surface area (Å²) in [5, 5.41) is 16.1. The maximum absolute atomic E-state index is 14.4. The van der Waals surface area contributed by atoms with Gasteiger partial charge in [0.05, 0.1) is 12.8 Å². The second-order valence-electron chi connectivity index (χ2n) is 6.67. The highest BCUT2D eigenvalue weighted by Crippen LogP contribution is 2.38. The lowest BCUT2D eigenvalue weighted by Gasteiger charge is -2.32. The maximum Gasteiger partial charge on any atom is 0.229 e. The van der Waals surface area contributed by atoms with Crippen LogP contribution in [0.25, 0.3) is 0 Å². The van der Waals surface area contributed by atoms with Gasteiger partial charge in [-0.25, -0.2) is 9.37 Å². The van der Waals surface area contributed by atoms with Crippen LogP contribution >= 0.6 is 0 Å². The number of aliphatic hydroxyl groups is 1. The molecule has 0 unspecified atom stereocenters. The van der Waals surface area contributed by atoms with Gasteiger partial charge < -0.3 is 30.1 Å². The molecular weight excluding hydrogens is 365 g/mol. The number of ether oxygens (including phenoxy) is 2. The lowest BCUT2D eigenvalue weighted by Crippen LogP contribution is -2.43. The molecule has 0 aliphatic carbocycles. The van der Waals surface area contributed by atoms with Crippen molar-refractivity contribution in [1.82, 2.24) is 14.9 Å². The van der Waals surface area contributed by atoms with E-state index in [9.17, 15) is 9.50 Å². The van der Waals surface area contributed by atoms with Crippen LogP contribution in [0.1, 0.15) is 12.1 Å². The minimum atomic E-state index is -0.709. The van der Waals surface area contributed by atoms with Crippen LogP contribution < -0.4 is 20.1 Å². The first-order chi connectivity index (χ1) is 13.5. The first kappa shape index (κ1) is 20.1. The third-order valence-corrected chi connectivity index (χ3v) is 4.46. The van der Waals surface area contributed by atoms with Gasteiger partial charge in [0, 0.05) is 25.4 Å². The molecule has 0 saturated carbocycles. The molecule has 3 rings (SSSR count). The number of anilines is 3. The van der Waals surface area contributed by atoms with E-state index in [1.165, 1.54) is 19.2 Å². The molecule has 1 aliphatic rings. The number of nitrogens with zero attached hydrogens (tertiary/aromatic N) is 3. The second kappa shape index (κ2) is 9.03. The van der Waals surface area contributed by atoms with Gasteiger partial charge in [-0.05, 0) is 38.6 Å². The summed E-state index contributed by atoms with van der Waals surface area (Å²) in [6.07, 6.45) is 0.430. The highest BCUT2D eigenvalue weighted by Gasteiger charge is 2.21. The van der Waals surface area contributed by atoms with Gasteiger partial charge in [0.25, 0.3) is 0 Å². The zero-order chi connectivity index (χ0) is 20.1. The van der Waals surface area contributed by atoms with E-state index >= 15 is 0 Å². The number of methoxy groups -OCH3 is 1. The molecule has 1 saturated heterocycles. The smallest absolute Gasteiger partial charge is 0.229 e. The third-order valence-electron chi connectivity index (χ3n) is 4.46. The molecule has 152 valence electrons. The summed E-state index contributed by atoms with van der Waals surface area (Å²) < 4.78 is 25.3.